The van der Waals surface area contributed by atoms with Crippen LogP contribution in [0.15, 0.2) is 18.2 Å². The monoisotopic (exact) mass is 398 g/mol. The zero-order valence-electron chi connectivity index (χ0n) is 11.2. The highest BCUT2D eigenvalue weighted by Crippen LogP contribution is 2.33. The lowest BCUT2D eigenvalue weighted by atomic mass is 10.2. The molecule has 1 aliphatic rings. The predicted octanol–water partition coefficient (Wildman–Crippen LogP) is 1.33. The van der Waals surface area contributed by atoms with Gasteiger partial charge in [-0.1, -0.05) is 15.9 Å². The molecule has 0 saturated carbocycles. The second kappa shape index (κ2) is 6.01. The van der Waals surface area contributed by atoms with Crippen LogP contribution in [0.3, 0.4) is 0 Å². The van der Waals surface area contributed by atoms with Crippen LogP contribution in [0.25, 0.3) is 0 Å². The Morgan fingerprint density at radius 1 is 1.43 bits per heavy atom. The fourth-order valence-electron chi connectivity index (χ4n) is 2.04. The molecule has 21 heavy (non-hydrogen) atoms. The number of anilines is 2. The molecule has 0 radical (unpaired) electrons. The van der Waals surface area contributed by atoms with Crippen LogP contribution < -0.4 is 13.8 Å². The number of nitrogens with zero attached hydrogens (tertiary/aromatic N) is 1. The minimum Gasteiger partial charge on any atom is -0.494 e. The van der Waals surface area contributed by atoms with Crippen LogP contribution in [-0.2, 0) is 20.0 Å². The number of hydrogen-bond acceptors (Lipinski definition) is 5. The summed E-state index contributed by atoms with van der Waals surface area (Å²) in [6.07, 6.45) is 0.572. The summed E-state index contributed by atoms with van der Waals surface area (Å²) in [5, 5.41) is 0. The van der Waals surface area contributed by atoms with E-state index in [1.54, 1.807) is 6.07 Å². The first kappa shape index (κ1) is 16.4. The third kappa shape index (κ3) is 3.61. The molecule has 0 atom stereocenters. The minimum absolute atomic E-state index is 0.118. The summed E-state index contributed by atoms with van der Waals surface area (Å²) < 4.78 is 55.5. The van der Waals surface area contributed by atoms with Gasteiger partial charge < -0.3 is 4.74 Å². The first-order valence-electron chi connectivity index (χ1n) is 6.04. The molecule has 0 unspecified atom stereocenters. The normalized spacial score (nSPS) is 17.7. The third-order valence-electron chi connectivity index (χ3n) is 2.98. The van der Waals surface area contributed by atoms with Crippen LogP contribution in [0.4, 0.5) is 11.4 Å². The molecule has 0 aromatic heterocycles. The molecular weight excluding hydrogens is 384 g/mol. The summed E-state index contributed by atoms with van der Waals surface area (Å²) in [5.74, 6) is 0.381. The number of alkyl halides is 1. The maximum atomic E-state index is 11.9. The van der Waals surface area contributed by atoms with E-state index in [1.807, 2.05) is 0 Å². The van der Waals surface area contributed by atoms with Crippen molar-refractivity contribution in [1.29, 1.82) is 0 Å². The number of methoxy groups -OCH3 is 1. The van der Waals surface area contributed by atoms with E-state index in [-0.39, 0.29) is 21.9 Å². The molecule has 0 bridgehead atoms. The lowest BCUT2D eigenvalue weighted by Gasteiger charge is -2.19. The molecule has 2 rings (SSSR count). The van der Waals surface area contributed by atoms with Crippen LogP contribution in [0.1, 0.15) is 6.42 Å². The smallest absolute Gasteiger partial charge is 0.242 e. The Hall–Kier alpha value is -1.00. The number of hydrogen-bond donors (Lipinski definition) is 1. The van der Waals surface area contributed by atoms with Crippen molar-refractivity contribution in [3.63, 3.8) is 0 Å². The molecule has 1 aliphatic heterocycles. The van der Waals surface area contributed by atoms with Gasteiger partial charge in [0.05, 0.1) is 24.2 Å². The molecule has 118 valence electrons. The molecule has 1 aromatic rings. The largest absolute Gasteiger partial charge is 0.494 e. The molecule has 0 amide bonds. The van der Waals surface area contributed by atoms with Crippen LogP contribution in [0, 0.1) is 0 Å². The maximum Gasteiger partial charge on any atom is 0.242 e. The van der Waals surface area contributed by atoms with Gasteiger partial charge in [0.2, 0.25) is 20.0 Å². The Kier molecular flexibility index (Phi) is 4.69. The summed E-state index contributed by atoms with van der Waals surface area (Å²) in [6, 6.07) is 4.55. The number of ether oxygens (including phenoxy) is 1. The predicted molar refractivity (Wildman–Crippen MR) is 85.1 cm³/mol. The van der Waals surface area contributed by atoms with Gasteiger partial charge in [-0.2, -0.15) is 0 Å². The first-order chi connectivity index (χ1) is 9.79. The average molecular weight is 399 g/mol. The number of halogens is 1. The van der Waals surface area contributed by atoms with Gasteiger partial charge in [0.15, 0.2) is 0 Å². The highest BCUT2D eigenvalue weighted by Gasteiger charge is 2.29. The molecule has 7 nitrogen and oxygen atoms in total. The third-order valence-corrected chi connectivity index (χ3v) is 7.48. The fourth-order valence-corrected chi connectivity index (χ4v) is 4.50. The quantitative estimate of drug-likeness (QED) is 0.755. The highest BCUT2D eigenvalue weighted by atomic mass is 79.9. The SMILES string of the molecule is COc1cc(N2CCCS2(=O)=O)ccc1NS(=O)(=O)CBr. The Labute approximate surface area is 132 Å². The van der Waals surface area contributed by atoms with Crippen molar-refractivity contribution in [2.45, 2.75) is 6.42 Å². The van der Waals surface area contributed by atoms with E-state index < -0.39 is 20.0 Å². The Morgan fingerprint density at radius 3 is 2.67 bits per heavy atom. The van der Waals surface area contributed by atoms with Crippen molar-refractivity contribution < 1.29 is 21.6 Å². The van der Waals surface area contributed by atoms with Crippen molar-refractivity contribution in [3.05, 3.63) is 18.2 Å². The van der Waals surface area contributed by atoms with Crippen molar-refractivity contribution in [2.24, 2.45) is 0 Å². The summed E-state index contributed by atoms with van der Waals surface area (Å²) in [7, 11) is -5.40. The molecule has 1 saturated heterocycles. The Bertz CT molecular complexity index is 733. The number of rotatable bonds is 5. The zero-order chi connectivity index (χ0) is 15.7. The van der Waals surface area contributed by atoms with E-state index in [2.05, 4.69) is 20.7 Å². The average Bonchev–Trinajstić information content (AvgIpc) is 2.78. The van der Waals surface area contributed by atoms with Crippen LogP contribution >= 0.6 is 15.9 Å². The van der Waals surface area contributed by atoms with Gasteiger partial charge in [-0.05, 0) is 18.6 Å². The van der Waals surface area contributed by atoms with Crippen LogP contribution in [0.5, 0.6) is 5.75 Å². The lowest BCUT2D eigenvalue weighted by molar-refractivity contribution is 0.417. The van der Waals surface area contributed by atoms with Gasteiger partial charge >= 0.3 is 0 Å². The van der Waals surface area contributed by atoms with Crippen molar-refractivity contribution in [1.82, 2.24) is 0 Å². The second-order valence-corrected chi connectivity index (χ2v) is 9.49. The summed E-state index contributed by atoms with van der Waals surface area (Å²) >= 11 is 2.88. The maximum absolute atomic E-state index is 11.9. The topological polar surface area (TPSA) is 92.8 Å². The van der Waals surface area contributed by atoms with Gasteiger partial charge in [-0.3, -0.25) is 9.03 Å². The molecule has 1 heterocycles. The van der Waals surface area contributed by atoms with Crippen LogP contribution in [0.2, 0.25) is 0 Å². The summed E-state index contributed by atoms with van der Waals surface area (Å²) in [6.45, 7) is 0.415. The van der Waals surface area contributed by atoms with Gasteiger partial charge in [0.25, 0.3) is 0 Å². The summed E-state index contributed by atoms with van der Waals surface area (Å²) in [4.78, 5) is 0. The number of nitrogens with one attached hydrogen (secondary N) is 1. The first-order valence-corrected chi connectivity index (χ1v) is 10.4. The van der Waals surface area contributed by atoms with E-state index in [0.29, 0.717) is 18.7 Å². The van der Waals surface area contributed by atoms with Gasteiger partial charge in [-0.15, -0.1) is 0 Å². The molecule has 0 aliphatic carbocycles. The van der Waals surface area contributed by atoms with Crippen molar-refractivity contribution in [2.75, 3.05) is 33.1 Å². The highest BCUT2D eigenvalue weighted by molar-refractivity contribution is 9.10. The van der Waals surface area contributed by atoms with Crippen molar-refractivity contribution in [3.8, 4) is 5.75 Å². The molecule has 1 N–H and O–H groups in total. The molecule has 1 fully saturated rings. The Morgan fingerprint density at radius 2 is 2.14 bits per heavy atom. The zero-order valence-corrected chi connectivity index (χ0v) is 14.5. The molecule has 1 aromatic carbocycles. The lowest BCUT2D eigenvalue weighted by Crippen LogP contribution is -2.25. The number of sulfonamides is 2. The molecule has 10 heteroatoms. The Balaban J connectivity index is 2.37. The van der Waals surface area contributed by atoms with E-state index in [9.17, 15) is 16.8 Å². The second-order valence-electron chi connectivity index (χ2n) is 4.45. The fraction of sp³-hybridized carbons (Fsp3) is 0.455. The van der Waals surface area contributed by atoms with Crippen LogP contribution in [-0.4, -0.2) is 40.9 Å². The van der Waals surface area contributed by atoms with Gasteiger partial charge in [0.1, 0.15) is 10.4 Å². The van der Waals surface area contributed by atoms with E-state index >= 15 is 0 Å². The minimum atomic E-state index is -3.51. The molecular formula is C11H15BrN2O5S2. The van der Waals surface area contributed by atoms with E-state index in [0.717, 1.165) is 0 Å². The standard InChI is InChI=1S/C11H15BrN2O5S2/c1-19-11-7-9(14-5-2-6-21(14,17)18)3-4-10(11)13-20(15,16)8-12/h3-4,7,13H,2,5-6,8H2,1H3. The van der Waals surface area contributed by atoms with E-state index in [4.69, 9.17) is 4.74 Å². The summed E-state index contributed by atoms with van der Waals surface area (Å²) in [5.41, 5.74) is 0.725. The van der Waals surface area contributed by atoms with Gasteiger partial charge in [-0.25, -0.2) is 16.8 Å². The van der Waals surface area contributed by atoms with E-state index in [1.165, 1.54) is 23.5 Å². The molecule has 0 spiro atoms. The number of benzene rings is 1. The van der Waals surface area contributed by atoms with Gasteiger partial charge in [0, 0.05) is 12.6 Å². The van der Waals surface area contributed by atoms with Crippen molar-refractivity contribution >= 4 is 47.4 Å².